The van der Waals surface area contributed by atoms with E-state index in [2.05, 4.69) is 32.7 Å². The molecule has 1 saturated heterocycles. The molecule has 2 aromatic rings. The number of nitrogens with zero attached hydrogens (tertiary/aromatic N) is 5. The van der Waals surface area contributed by atoms with Crippen LogP contribution in [0.4, 0.5) is 11.4 Å². The first-order valence-electron chi connectivity index (χ1n) is 11.8. The third-order valence-electron chi connectivity index (χ3n) is 7.12. The molecule has 1 aromatic carbocycles. The molecule has 1 aromatic heterocycles. The van der Waals surface area contributed by atoms with Gasteiger partial charge in [-0.25, -0.2) is 4.31 Å². The van der Waals surface area contributed by atoms with Crippen molar-refractivity contribution in [3.63, 3.8) is 0 Å². The number of benzene rings is 1. The summed E-state index contributed by atoms with van der Waals surface area (Å²) in [4.78, 5) is 2.19. The van der Waals surface area contributed by atoms with Crippen LogP contribution in [0.2, 0.25) is 0 Å². The lowest BCUT2D eigenvalue weighted by Crippen LogP contribution is -2.42. The average Bonchev–Trinajstić information content (AvgIpc) is 3.54. The van der Waals surface area contributed by atoms with Crippen LogP contribution < -0.4 is 14.7 Å². The maximum atomic E-state index is 13.4. The number of aromatic nitrogens is 2. The Hall–Kier alpha value is -2.59. The van der Waals surface area contributed by atoms with Gasteiger partial charge in [-0.1, -0.05) is 13.0 Å². The second-order valence-electron chi connectivity index (χ2n) is 9.24. The van der Waals surface area contributed by atoms with Crippen LogP contribution in [0.5, 0.6) is 0 Å². The second kappa shape index (κ2) is 8.64. The van der Waals surface area contributed by atoms with Gasteiger partial charge in [0.15, 0.2) is 0 Å². The number of anilines is 2. The first-order valence-corrected chi connectivity index (χ1v) is 13.2. The van der Waals surface area contributed by atoms with E-state index in [1.54, 1.807) is 17.9 Å². The highest BCUT2D eigenvalue weighted by atomic mass is 32.2. The van der Waals surface area contributed by atoms with Crippen molar-refractivity contribution in [2.24, 2.45) is 11.4 Å². The summed E-state index contributed by atoms with van der Waals surface area (Å²) in [6, 6.07) is 1.15. The highest BCUT2D eigenvalue weighted by Crippen LogP contribution is 2.38. The first-order chi connectivity index (χ1) is 15.9. The minimum atomic E-state index is -4.26. The van der Waals surface area contributed by atoms with Gasteiger partial charge < -0.3 is 15.3 Å². The molecule has 178 valence electrons. The van der Waals surface area contributed by atoms with Crippen molar-refractivity contribution in [2.75, 3.05) is 29.3 Å². The molecule has 1 fully saturated rings. The maximum absolute atomic E-state index is 13.4. The van der Waals surface area contributed by atoms with Gasteiger partial charge in [0.05, 0.1) is 23.9 Å². The molecule has 5 rings (SSSR count). The number of hydrogen-bond donors (Lipinski definition) is 1. The lowest BCUT2D eigenvalue weighted by molar-refractivity contribution is -0.213. The van der Waals surface area contributed by atoms with Crippen LogP contribution in [0.25, 0.3) is 0 Å². The summed E-state index contributed by atoms with van der Waals surface area (Å²) in [6.45, 7) is 4.31. The van der Waals surface area contributed by atoms with E-state index in [0.29, 0.717) is 18.7 Å². The number of fused-ring (bicyclic) bond motifs is 2. The van der Waals surface area contributed by atoms with Crippen molar-refractivity contribution < 1.29 is 13.5 Å². The van der Waals surface area contributed by atoms with E-state index in [0.717, 1.165) is 68.4 Å². The summed E-state index contributed by atoms with van der Waals surface area (Å²) in [6.07, 6.45) is 9.77. The van der Waals surface area contributed by atoms with Gasteiger partial charge in [0.25, 0.3) is 0 Å². The van der Waals surface area contributed by atoms with Crippen molar-refractivity contribution in [2.45, 2.75) is 57.9 Å². The monoisotopic (exact) mass is 471 g/mol. The fraction of sp³-hybridized carbons (Fsp3) is 0.565. The minimum Gasteiger partial charge on any atom is -0.845 e. The van der Waals surface area contributed by atoms with E-state index in [9.17, 15) is 13.5 Å². The zero-order valence-corrected chi connectivity index (χ0v) is 20.1. The number of rotatable bonds is 6. The molecule has 3 aliphatic rings. The van der Waals surface area contributed by atoms with Crippen molar-refractivity contribution in [3.05, 3.63) is 40.7 Å². The molecule has 1 unspecified atom stereocenters. The Morgan fingerprint density at radius 1 is 1.24 bits per heavy atom. The Balaban J connectivity index is 1.47. The van der Waals surface area contributed by atoms with Crippen LogP contribution in [-0.2, 0) is 42.9 Å². The summed E-state index contributed by atoms with van der Waals surface area (Å²) in [5.74, 6) is 0. The summed E-state index contributed by atoms with van der Waals surface area (Å²) in [5, 5.41) is 20.0. The van der Waals surface area contributed by atoms with E-state index in [1.807, 2.05) is 0 Å². The molecule has 33 heavy (non-hydrogen) atoms. The molecule has 2 aliphatic carbocycles. The van der Waals surface area contributed by atoms with Crippen LogP contribution in [-0.4, -0.2) is 54.8 Å². The van der Waals surface area contributed by atoms with E-state index >= 15 is 0 Å². The van der Waals surface area contributed by atoms with Gasteiger partial charge in [-0.2, -0.15) is 13.5 Å². The largest absolute Gasteiger partial charge is 0.845 e. The van der Waals surface area contributed by atoms with Gasteiger partial charge in [-0.3, -0.25) is 4.68 Å². The second-order valence-corrected chi connectivity index (χ2v) is 10.7. The van der Waals surface area contributed by atoms with Crippen molar-refractivity contribution in [3.8, 4) is 0 Å². The molecule has 1 aliphatic heterocycles. The van der Waals surface area contributed by atoms with Crippen LogP contribution in [0, 0.1) is 0 Å². The van der Waals surface area contributed by atoms with Crippen LogP contribution in [0.1, 0.15) is 48.4 Å². The zero-order valence-electron chi connectivity index (χ0n) is 19.2. The van der Waals surface area contributed by atoms with E-state index < -0.39 is 16.2 Å². The summed E-state index contributed by atoms with van der Waals surface area (Å²) in [7, 11) is -2.52. The fourth-order valence-electron chi connectivity index (χ4n) is 5.59. The highest BCUT2D eigenvalue weighted by Gasteiger charge is 2.35. The fourth-order valence-corrected chi connectivity index (χ4v) is 6.84. The molecule has 0 spiro atoms. The molecule has 0 radical (unpaired) electrons. The summed E-state index contributed by atoms with van der Waals surface area (Å²) in [5.41, 5.74) is 6.07. The maximum Gasteiger partial charge on any atom is 0.345 e. The van der Waals surface area contributed by atoms with Crippen molar-refractivity contribution in [1.29, 1.82) is 0 Å². The van der Waals surface area contributed by atoms with Crippen molar-refractivity contribution >= 4 is 27.6 Å². The third kappa shape index (κ3) is 4.21. The van der Waals surface area contributed by atoms with Crippen LogP contribution in [0.3, 0.4) is 0 Å². The molecule has 10 heteroatoms. The molecule has 0 amide bonds. The van der Waals surface area contributed by atoms with Gasteiger partial charge in [0.1, 0.15) is 0 Å². The van der Waals surface area contributed by atoms with E-state index in [-0.39, 0.29) is 6.04 Å². The molecule has 0 bridgehead atoms. The molecular weight excluding hydrogens is 440 g/mol. The molecule has 9 nitrogen and oxygen atoms in total. The first kappa shape index (κ1) is 22.2. The Morgan fingerprint density at radius 2 is 1.94 bits per heavy atom. The SMILES string of the molecule is CCN1CCC(N(c2cnn(C)c2)S(=O)(=O)/N=C(\[O-])Nc2c3c(cc4c2CCC4)CCC3)C1. The molecular formula is C23H31N6O3S-. The number of likely N-dealkylation sites (tertiary alicyclic amines) is 1. The lowest BCUT2D eigenvalue weighted by atomic mass is 9.99. The van der Waals surface area contributed by atoms with Gasteiger partial charge >= 0.3 is 10.2 Å². The van der Waals surface area contributed by atoms with E-state index in [1.165, 1.54) is 21.6 Å². The average molecular weight is 472 g/mol. The summed E-state index contributed by atoms with van der Waals surface area (Å²) >= 11 is 0. The number of amidine groups is 1. The predicted molar refractivity (Wildman–Crippen MR) is 127 cm³/mol. The molecule has 1 N–H and O–H groups in total. The predicted octanol–water partition coefficient (Wildman–Crippen LogP) is 1.37. The normalized spacial score (nSPS) is 20.8. The van der Waals surface area contributed by atoms with Gasteiger partial charge in [-0.05, 0) is 73.7 Å². The molecule has 2 heterocycles. The Kier molecular flexibility index (Phi) is 5.82. The zero-order chi connectivity index (χ0) is 23.2. The number of nitrogens with one attached hydrogen (secondary N) is 1. The van der Waals surface area contributed by atoms with Gasteiger partial charge in [0.2, 0.25) is 0 Å². The van der Waals surface area contributed by atoms with Gasteiger partial charge in [-0.15, -0.1) is 4.40 Å². The Labute approximate surface area is 195 Å². The molecule has 1 atom stereocenters. The highest BCUT2D eigenvalue weighted by molar-refractivity contribution is 7.91. The Morgan fingerprint density at radius 3 is 2.52 bits per heavy atom. The number of hydrogen-bond acceptors (Lipinski definition) is 5. The summed E-state index contributed by atoms with van der Waals surface area (Å²) < 4.78 is 33.4. The van der Waals surface area contributed by atoms with Gasteiger partial charge in [0, 0.05) is 32.0 Å². The number of likely N-dealkylation sites (N-methyl/N-ethyl adjacent to an activating group) is 1. The third-order valence-corrected chi connectivity index (χ3v) is 8.53. The smallest absolute Gasteiger partial charge is 0.345 e. The standard InChI is InChI=1S/C23H32N6O3S/c1-3-28-11-10-18(15-28)29(19-13-24-27(2)14-19)33(31,32)26-23(30)25-22-20-8-4-6-16(20)12-17-7-5-9-21(17)22/h12-14,18H,3-11,15H2,1-2H3,(H2,25,26,30)/p-1. The quantitative estimate of drug-likeness (QED) is 0.504. The van der Waals surface area contributed by atoms with Crippen LogP contribution in [0.15, 0.2) is 22.9 Å². The van der Waals surface area contributed by atoms with Crippen molar-refractivity contribution in [1.82, 2.24) is 14.7 Å². The minimum absolute atomic E-state index is 0.291. The molecule has 0 saturated carbocycles. The topological polar surface area (TPSA) is 106 Å². The number of aryl methyl sites for hydroxylation is 3. The van der Waals surface area contributed by atoms with Crippen LogP contribution >= 0.6 is 0 Å². The lowest BCUT2D eigenvalue weighted by Gasteiger charge is -2.28. The van der Waals surface area contributed by atoms with E-state index in [4.69, 9.17) is 0 Å². The Bertz CT molecular complexity index is 1160.